The molecule has 0 radical (unpaired) electrons. The fourth-order valence-corrected chi connectivity index (χ4v) is 3.92. The van der Waals surface area contributed by atoms with Gasteiger partial charge in [-0.15, -0.1) is 0 Å². The molecule has 11 heteroatoms. The van der Waals surface area contributed by atoms with E-state index in [0.717, 1.165) is 0 Å². The summed E-state index contributed by atoms with van der Waals surface area (Å²) in [6.07, 6.45) is 0. The van der Waals surface area contributed by atoms with E-state index in [1.54, 1.807) is 23.7 Å². The SMILES string of the molecule is CC1CN(c2ccc(S(N)(=O)=O)cc2)c2nc3c(c(=O)[nH]c(=O)n3C)n2C1. The van der Waals surface area contributed by atoms with Crippen molar-refractivity contribution in [3.63, 3.8) is 0 Å². The number of hydrogen-bond acceptors (Lipinski definition) is 6. The fraction of sp³-hybridized carbons (Fsp3) is 0.312. The normalized spacial score (nSPS) is 17.3. The number of rotatable bonds is 2. The largest absolute Gasteiger partial charge is 0.329 e. The maximum Gasteiger partial charge on any atom is 0.329 e. The zero-order valence-electron chi connectivity index (χ0n) is 14.7. The van der Waals surface area contributed by atoms with Gasteiger partial charge in [0.15, 0.2) is 11.2 Å². The molecule has 3 aromatic rings. The van der Waals surface area contributed by atoms with Crippen LogP contribution in [0.2, 0.25) is 0 Å². The van der Waals surface area contributed by atoms with Crippen LogP contribution in [0.15, 0.2) is 38.8 Å². The van der Waals surface area contributed by atoms with Gasteiger partial charge in [-0.05, 0) is 30.2 Å². The molecule has 0 saturated heterocycles. The van der Waals surface area contributed by atoms with E-state index < -0.39 is 21.3 Å². The van der Waals surface area contributed by atoms with Crippen LogP contribution in [0, 0.1) is 5.92 Å². The second-order valence-electron chi connectivity index (χ2n) is 6.77. The van der Waals surface area contributed by atoms with Gasteiger partial charge in [0, 0.05) is 25.8 Å². The third-order valence-corrected chi connectivity index (χ3v) is 5.62. The van der Waals surface area contributed by atoms with Gasteiger partial charge >= 0.3 is 5.69 Å². The number of nitrogens with two attached hydrogens (primary N) is 1. The molecule has 3 N–H and O–H groups in total. The highest BCUT2D eigenvalue weighted by molar-refractivity contribution is 7.89. The van der Waals surface area contributed by atoms with Crippen LogP contribution in [-0.2, 0) is 23.6 Å². The lowest BCUT2D eigenvalue weighted by atomic mass is 10.1. The number of nitrogens with one attached hydrogen (secondary N) is 1. The van der Waals surface area contributed by atoms with Crippen LogP contribution in [0.3, 0.4) is 0 Å². The number of aryl methyl sites for hydroxylation is 1. The van der Waals surface area contributed by atoms with Crippen LogP contribution in [0.25, 0.3) is 11.2 Å². The standard InChI is InChI=1S/C16H18N6O4S/c1-9-7-21(10-3-5-11(6-4-10)27(17,25)26)15-18-13-12(22(15)8-9)14(23)19-16(24)20(13)2/h3-6,9H,7-8H2,1-2H3,(H2,17,25,26)(H,19,23,24). The average Bonchev–Trinajstić information content (AvgIpc) is 2.98. The summed E-state index contributed by atoms with van der Waals surface area (Å²) in [6.45, 7) is 3.25. The number of aromatic amines is 1. The monoisotopic (exact) mass is 390 g/mol. The average molecular weight is 390 g/mol. The summed E-state index contributed by atoms with van der Waals surface area (Å²) >= 11 is 0. The van der Waals surface area contributed by atoms with Gasteiger partial charge in [-0.2, -0.15) is 4.98 Å². The van der Waals surface area contributed by atoms with Crippen LogP contribution < -0.4 is 21.3 Å². The van der Waals surface area contributed by atoms with Crippen molar-refractivity contribution in [2.45, 2.75) is 18.4 Å². The molecule has 0 bridgehead atoms. The summed E-state index contributed by atoms with van der Waals surface area (Å²) < 4.78 is 26.0. The molecule has 4 rings (SSSR count). The molecular formula is C16H18N6O4S. The van der Waals surface area contributed by atoms with Gasteiger partial charge < -0.3 is 9.47 Å². The second-order valence-corrected chi connectivity index (χ2v) is 8.33. The summed E-state index contributed by atoms with van der Waals surface area (Å²) in [7, 11) is -2.23. The molecule has 142 valence electrons. The number of hydrogen-bond donors (Lipinski definition) is 2. The molecule has 0 amide bonds. The lowest BCUT2D eigenvalue weighted by Crippen LogP contribution is -2.35. The van der Waals surface area contributed by atoms with Crippen molar-refractivity contribution >= 4 is 32.8 Å². The number of fused-ring (bicyclic) bond motifs is 3. The summed E-state index contributed by atoms with van der Waals surface area (Å²) in [4.78, 5) is 33.0. The number of nitrogens with zero attached hydrogens (tertiary/aromatic N) is 4. The number of primary sulfonamides is 1. The molecule has 1 atom stereocenters. The van der Waals surface area contributed by atoms with Crippen molar-refractivity contribution in [1.82, 2.24) is 19.1 Å². The van der Waals surface area contributed by atoms with Crippen molar-refractivity contribution in [2.75, 3.05) is 11.4 Å². The highest BCUT2D eigenvalue weighted by atomic mass is 32.2. The van der Waals surface area contributed by atoms with Gasteiger partial charge in [0.05, 0.1) is 4.90 Å². The highest BCUT2D eigenvalue weighted by Crippen LogP contribution is 2.33. The lowest BCUT2D eigenvalue weighted by molar-refractivity contribution is 0.458. The number of imidazole rings is 1. The van der Waals surface area contributed by atoms with E-state index in [2.05, 4.69) is 9.97 Å². The number of H-pyrrole nitrogens is 1. The van der Waals surface area contributed by atoms with Crippen LogP contribution >= 0.6 is 0 Å². The van der Waals surface area contributed by atoms with Crippen molar-refractivity contribution in [3.05, 3.63) is 45.1 Å². The quantitative estimate of drug-likeness (QED) is 0.625. The fourth-order valence-electron chi connectivity index (χ4n) is 3.40. The van der Waals surface area contributed by atoms with Gasteiger partial charge in [0.1, 0.15) is 0 Å². The zero-order valence-corrected chi connectivity index (χ0v) is 15.5. The predicted octanol–water partition coefficient (Wildman–Crippen LogP) is -0.141. The van der Waals surface area contributed by atoms with Gasteiger partial charge in [-0.25, -0.2) is 18.4 Å². The molecule has 0 spiro atoms. The lowest BCUT2D eigenvalue weighted by Gasteiger charge is -2.33. The van der Waals surface area contributed by atoms with Crippen LogP contribution in [0.1, 0.15) is 6.92 Å². The smallest absolute Gasteiger partial charge is 0.312 e. The highest BCUT2D eigenvalue weighted by Gasteiger charge is 2.29. The molecule has 0 fully saturated rings. The first-order valence-corrected chi connectivity index (χ1v) is 9.81. The van der Waals surface area contributed by atoms with Gasteiger partial charge in [-0.3, -0.25) is 14.3 Å². The third-order valence-electron chi connectivity index (χ3n) is 4.69. The number of anilines is 2. The van der Waals surface area contributed by atoms with Gasteiger partial charge in [0.2, 0.25) is 16.0 Å². The summed E-state index contributed by atoms with van der Waals surface area (Å²) in [5.74, 6) is 0.725. The van der Waals surface area contributed by atoms with Crippen LogP contribution in [-0.4, -0.2) is 34.1 Å². The Morgan fingerprint density at radius 1 is 1.19 bits per heavy atom. The van der Waals surface area contributed by atoms with E-state index in [-0.39, 0.29) is 10.8 Å². The van der Waals surface area contributed by atoms with E-state index in [1.165, 1.54) is 16.7 Å². The Balaban J connectivity index is 1.92. The van der Waals surface area contributed by atoms with Crippen LogP contribution in [0.5, 0.6) is 0 Å². The minimum Gasteiger partial charge on any atom is -0.312 e. The van der Waals surface area contributed by atoms with Crippen molar-refractivity contribution < 1.29 is 8.42 Å². The number of sulfonamides is 1. The molecule has 27 heavy (non-hydrogen) atoms. The van der Waals surface area contributed by atoms with E-state index in [4.69, 9.17) is 5.14 Å². The van der Waals surface area contributed by atoms with E-state index >= 15 is 0 Å². The molecule has 3 heterocycles. The maximum atomic E-state index is 12.4. The van der Waals surface area contributed by atoms with Gasteiger partial charge in [-0.1, -0.05) is 6.92 Å². The predicted molar refractivity (Wildman–Crippen MR) is 99.6 cm³/mol. The Morgan fingerprint density at radius 3 is 2.48 bits per heavy atom. The minimum absolute atomic E-state index is 0.0173. The minimum atomic E-state index is -3.78. The Labute approximate surface area is 153 Å². The van der Waals surface area contributed by atoms with E-state index in [1.807, 2.05) is 11.8 Å². The molecule has 2 aromatic heterocycles. The zero-order chi connectivity index (χ0) is 19.5. The first kappa shape index (κ1) is 17.5. The number of aromatic nitrogens is 4. The summed E-state index contributed by atoms with van der Waals surface area (Å²) in [5.41, 5.74) is 0.348. The molecule has 0 saturated carbocycles. The second kappa shape index (κ2) is 5.79. The maximum absolute atomic E-state index is 12.4. The first-order valence-electron chi connectivity index (χ1n) is 8.27. The Bertz CT molecular complexity index is 1270. The van der Waals surface area contributed by atoms with Gasteiger partial charge in [0.25, 0.3) is 5.56 Å². The molecule has 1 aromatic carbocycles. The van der Waals surface area contributed by atoms with Crippen molar-refractivity contribution in [2.24, 2.45) is 18.1 Å². The molecule has 0 aliphatic carbocycles. The Hall–Kier alpha value is -2.92. The molecule has 1 aliphatic heterocycles. The molecule has 1 aliphatic rings. The number of benzene rings is 1. The molecule has 10 nitrogen and oxygen atoms in total. The Kier molecular flexibility index (Phi) is 3.75. The summed E-state index contributed by atoms with van der Waals surface area (Å²) in [6, 6.07) is 6.15. The summed E-state index contributed by atoms with van der Waals surface area (Å²) in [5, 5.41) is 5.15. The van der Waals surface area contributed by atoms with Crippen molar-refractivity contribution in [1.29, 1.82) is 0 Å². The molecular weight excluding hydrogens is 372 g/mol. The Morgan fingerprint density at radius 2 is 1.85 bits per heavy atom. The van der Waals surface area contributed by atoms with E-state index in [0.29, 0.717) is 35.9 Å². The van der Waals surface area contributed by atoms with Crippen LogP contribution in [0.4, 0.5) is 11.6 Å². The molecule has 1 unspecified atom stereocenters. The third kappa shape index (κ3) is 2.75. The topological polar surface area (TPSA) is 136 Å². The van der Waals surface area contributed by atoms with Crippen molar-refractivity contribution in [3.8, 4) is 0 Å². The first-order chi connectivity index (χ1) is 12.7. The van der Waals surface area contributed by atoms with E-state index in [9.17, 15) is 18.0 Å².